The highest BCUT2D eigenvalue weighted by molar-refractivity contribution is 5.75. The van der Waals surface area contributed by atoms with Gasteiger partial charge in [-0.05, 0) is 6.07 Å². The largest absolute Gasteiger partial charge is 0.467 e. The number of para-hydroxylation sites is 1. The van der Waals surface area contributed by atoms with Crippen molar-refractivity contribution in [1.29, 1.82) is 5.26 Å². The molecule has 0 spiro atoms. The summed E-state index contributed by atoms with van der Waals surface area (Å²) in [7, 11) is 1.57. The average Bonchev–Trinajstić information content (AvgIpc) is 2.84. The Bertz CT molecular complexity index is 540. The van der Waals surface area contributed by atoms with Crippen LogP contribution in [0.4, 0.5) is 0 Å². The molecule has 1 heterocycles. The first kappa shape index (κ1) is 11.2. The molecule has 0 amide bonds. The third kappa shape index (κ3) is 2.30. The van der Waals surface area contributed by atoms with E-state index in [1.807, 2.05) is 24.3 Å². The lowest BCUT2D eigenvalue weighted by atomic mass is 10.0. The minimum atomic E-state index is 0.184. The maximum Gasteiger partial charge on any atom is 0.188 e. The summed E-state index contributed by atoms with van der Waals surface area (Å²) in [5.74, 6) is 0.699. The van der Waals surface area contributed by atoms with Gasteiger partial charge >= 0.3 is 0 Å². The van der Waals surface area contributed by atoms with E-state index in [-0.39, 0.29) is 6.79 Å². The zero-order chi connectivity index (χ0) is 12.1. The predicted molar refractivity (Wildman–Crippen MR) is 63.4 cm³/mol. The second-order valence-electron chi connectivity index (χ2n) is 3.44. The third-order valence-corrected chi connectivity index (χ3v) is 2.38. The van der Waals surface area contributed by atoms with Crippen LogP contribution in [0.1, 0.15) is 5.56 Å². The minimum Gasteiger partial charge on any atom is -0.467 e. The van der Waals surface area contributed by atoms with E-state index in [2.05, 4.69) is 11.1 Å². The van der Waals surface area contributed by atoms with Crippen LogP contribution < -0.4 is 4.74 Å². The van der Waals surface area contributed by atoms with E-state index in [0.717, 1.165) is 11.1 Å². The van der Waals surface area contributed by atoms with E-state index in [1.165, 1.54) is 0 Å². The van der Waals surface area contributed by atoms with Crippen LogP contribution >= 0.6 is 0 Å². The van der Waals surface area contributed by atoms with Crippen molar-refractivity contribution >= 4 is 0 Å². The maximum atomic E-state index is 9.00. The number of hydrogen-bond donors (Lipinski definition) is 1. The Labute approximate surface area is 99.4 Å². The molecule has 1 N–H and O–H groups in total. The molecule has 4 heteroatoms. The van der Waals surface area contributed by atoms with Crippen molar-refractivity contribution < 1.29 is 9.47 Å². The predicted octanol–water partition coefficient (Wildman–Crippen LogP) is 2.54. The quantitative estimate of drug-likeness (QED) is 0.818. The van der Waals surface area contributed by atoms with Crippen LogP contribution in [0, 0.1) is 11.3 Å². The molecule has 0 radical (unpaired) electrons. The Kier molecular flexibility index (Phi) is 3.43. The van der Waals surface area contributed by atoms with Gasteiger partial charge in [-0.15, -0.1) is 0 Å². The number of aromatic amines is 1. The molecule has 1 aromatic carbocycles. The summed E-state index contributed by atoms with van der Waals surface area (Å²) in [5.41, 5.74) is 2.31. The summed E-state index contributed by atoms with van der Waals surface area (Å²) in [5, 5.41) is 9.00. The topological polar surface area (TPSA) is 58.0 Å². The molecule has 1 aromatic heterocycles. The number of nitrogens with one attached hydrogen (secondary N) is 1. The molecule has 17 heavy (non-hydrogen) atoms. The number of methoxy groups -OCH3 is 1. The van der Waals surface area contributed by atoms with Gasteiger partial charge in [0.15, 0.2) is 6.79 Å². The second kappa shape index (κ2) is 5.19. The summed E-state index contributed by atoms with van der Waals surface area (Å²) in [6.45, 7) is 0.184. The lowest BCUT2D eigenvalue weighted by molar-refractivity contribution is 0.0515. The van der Waals surface area contributed by atoms with Crippen LogP contribution in [0.25, 0.3) is 11.1 Å². The fraction of sp³-hybridized carbons (Fsp3) is 0.154. The summed E-state index contributed by atoms with van der Waals surface area (Å²) in [6.07, 6.45) is 3.45. The molecule has 0 saturated carbocycles. The number of nitriles is 1. The standard InChI is InChI=1S/C13H12N2O2/c1-16-9-17-13-5-3-2-4-11(13)12-8-15-7-10(12)6-14/h2-5,7-8,15H,9H2,1H3. The van der Waals surface area contributed by atoms with Crippen LogP contribution in [-0.2, 0) is 4.74 Å². The Hall–Kier alpha value is -2.25. The molecule has 0 aliphatic heterocycles. The molecule has 0 fully saturated rings. The summed E-state index contributed by atoms with van der Waals surface area (Å²) in [4.78, 5) is 2.92. The third-order valence-electron chi connectivity index (χ3n) is 2.38. The molecule has 86 valence electrons. The monoisotopic (exact) mass is 228 g/mol. The second-order valence-corrected chi connectivity index (χ2v) is 3.44. The number of H-pyrrole nitrogens is 1. The average molecular weight is 228 g/mol. The summed E-state index contributed by atoms with van der Waals surface area (Å²) < 4.78 is 10.3. The zero-order valence-corrected chi connectivity index (χ0v) is 9.43. The van der Waals surface area contributed by atoms with E-state index >= 15 is 0 Å². The van der Waals surface area contributed by atoms with E-state index in [0.29, 0.717) is 11.3 Å². The molecule has 0 saturated heterocycles. The van der Waals surface area contributed by atoms with Crippen molar-refractivity contribution in [1.82, 2.24) is 4.98 Å². The van der Waals surface area contributed by atoms with Crippen molar-refractivity contribution in [2.75, 3.05) is 13.9 Å². The van der Waals surface area contributed by atoms with E-state index in [9.17, 15) is 0 Å². The molecule has 0 unspecified atom stereocenters. The number of nitrogens with zero attached hydrogens (tertiary/aromatic N) is 1. The van der Waals surface area contributed by atoms with Gasteiger partial charge in [-0.2, -0.15) is 5.26 Å². The summed E-state index contributed by atoms with van der Waals surface area (Å²) >= 11 is 0. The van der Waals surface area contributed by atoms with E-state index < -0.39 is 0 Å². The van der Waals surface area contributed by atoms with Gasteiger partial charge in [-0.1, -0.05) is 18.2 Å². The first-order valence-electron chi connectivity index (χ1n) is 5.15. The highest BCUT2D eigenvalue weighted by Crippen LogP contribution is 2.31. The highest BCUT2D eigenvalue weighted by Gasteiger charge is 2.10. The molecule has 0 aliphatic carbocycles. The fourth-order valence-corrected chi connectivity index (χ4v) is 1.62. The van der Waals surface area contributed by atoms with Gasteiger partial charge in [0.25, 0.3) is 0 Å². The van der Waals surface area contributed by atoms with Crippen molar-refractivity contribution in [3.8, 4) is 22.9 Å². The highest BCUT2D eigenvalue weighted by atomic mass is 16.7. The molecule has 4 nitrogen and oxygen atoms in total. The number of aromatic nitrogens is 1. The number of hydrogen-bond acceptors (Lipinski definition) is 3. The van der Waals surface area contributed by atoms with Gasteiger partial charge in [0.1, 0.15) is 11.8 Å². The van der Waals surface area contributed by atoms with E-state index in [1.54, 1.807) is 19.5 Å². The number of ether oxygens (including phenoxy) is 2. The van der Waals surface area contributed by atoms with Crippen LogP contribution in [-0.4, -0.2) is 18.9 Å². The van der Waals surface area contributed by atoms with Gasteiger partial charge in [0.2, 0.25) is 0 Å². The Morgan fingerprint density at radius 1 is 1.24 bits per heavy atom. The normalized spacial score (nSPS) is 9.88. The van der Waals surface area contributed by atoms with Crippen LogP contribution in [0.5, 0.6) is 5.75 Å². The Balaban J connectivity index is 2.41. The lowest BCUT2D eigenvalue weighted by Gasteiger charge is -2.09. The van der Waals surface area contributed by atoms with Crippen LogP contribution in [0.3, 0.4) is 0 Å². The van der Waals surface area contributed by atoms with Gasteiger partial charge in [-0.25, -0.2) is 0 Å². The molecular weight excluding hydrogens is 216 g/mol. The molecule has 0 aliphatic rings. The number of benzene rings is 1. The van der Waals surface area contributed by atoms with Gasteiger partial charge in [0, 0.05) is 30.6 Å². The molecule has 0 bridgehead atoms. The van der Waals surface area contributed by atoms with Gasteiger partial charge in [0.05, 0.1) is 5.56 Å². The SMILES string of the molecule is COCOc1ccccc1-c1c[nH]cc1C#N. The summed E-state index contributed by atoms with van der Waals surface area (Å²) in [6, 6.07) is 9.69. The van der Waals surface area contributed by atoms with Crippen molar-refractivity contribution in [2.45, 2.75) is 0 Å². The molecule has 2 aromatic rings. The smallest absolute Gasteiger partial charge is 0.188 e. The Morgan fingerprint density at radius 2 is 2.06 bits per heavy atom. The van der Waals surface area contributed by atoms with Crippen LogP contribution in [0.2, 0.25) is 0 Å². The van der Waals surface area contributed by atoms with Crippen LogP contribution in [0.15, 0.2) is 36.7 Å². The van der Waals surface area contributed by atoms with Crippen molar-refractivity contribution in [3.63, 3.8) is 0 Å². The lowest BCUT2D eigenvalue weighted by Crippen LogP contribution is -2.00. The minimum absolute atomic E-state index is 0.184. The zero-order valence-electron chi connectivity index (χ0n) is 9.43. The Morgan fingerprint density at radius 3 is 2.82 bits per heavy atom. The molecular formula is C13H12N2O2. The molecule has 2 rings (SSSR count). The maximum absolute atomic E-state index is 9.00. The van der Waals surface area contributed by atoms with Crippen molar-refractivity contribution in [2.24, 2.45) is 0 Å². The first-order chi connectivity index (χ1) is 8.36. The number of rotatable bonds is 4. The fourth-order valence-electron chi connectivity index (χ4n) is 1.62. The van der Waals surface area contributed by atoms with E-state index in [4.69, 9.17) is 14.7 Å². The van der Waals surface area contributed by atoms with Crippen molar-refractivity contribution in [3.05, 3.63) is 42.2 Å². The first-order valence-corrected chi connectivity index (χ1v) is 5.15. The van der Waals surface area contributed by atoms with Gasteiger partial charge < -0.3 is 14.5 Å². The molecule has 0 atom stereocenters. The van der Waals surface area contributed by atoms with Gasteiger partial charge in [-0.3, -0.25) is 0 Å².